The summed E-state index contributed by atoms with van der Waals surface area (Å²) in [6.45, 7) is 0.454. The summed E-state index contributed by atoms with van der Waals surface area (Å²) in [7, 11) is 3.20. The van der Waals surface area contributed by atoms with Gasteiger partial charge in [0.05, 0.1) is 30.6 Å². The van der Waals surface area contributed by atoms with Gasteiger partial charge in [-0.2, -0.15) is 5.10 Å². The first-order chi connectivity index (χ1) is 16.1. The van der Waals surface area contributed by atoms with Gasteiger partial charge in [-0.15, -0.1) is 0 Å². The highest BCUT2D eigenvalue weighted by Crippen LogP contribution is 2.29. The fourth-order valence-corrected chi connectivity index (χ4v) is 3.79. The van der Waals surface area contributed by atoms with Crippen molar-refractivity contribution in [3.05, 3.63) is 95.1 Å². The Balaban J connectivity index is 1.56. The Morgan fingerprint density at radius 1 is 0.939 bits per heavy atom. The second-order valence-electron chi connectivity index (χ2n) is 7.34. The second-order valence-corrected chi connectivity index (χ2v) is 7.74. The molecule has 4 rings (SSSR count). The second kappa shape index (κ2) is 10.2. The number of para-hydroxylation sites is 1. The molecule has 0 saturated carbocycles. The average molecular weight is 462 g/mol. The van der Waals surface area contributed by atoms with E-state index in [9.17, 15) is 4.79 Å². The number of nitrogens with one attached hydrogen (secondary N) is 1. The summed E-state index contributed by atoms with van der Waals surface area (Å²) in [5, 5.41) is 8.26. The summed E-state index contributed by atoms with van der Waals surface area (Å²) < 4.78 is 12.3. The predicted molar refractivity (Wildman–Crippen MR) is 130 cm³/mol. The largest absolute Gasteiger partial charge is 0.493 e. The van der Waals surface area contributed by atoms with Crippen LogP contribution >= 0.6 is 11.6 Å². The minimum Gasteiger partial charge on any atom is -0.493 e. The van der Waals surface area contributed by atoms with Crippen molar-refractivity contribution in [1.29, 1.82) is 0 Å². The molecule has 1 heterocycles. The molecule has 1 aromatic heterocycles. The number of hydrogen-bond donors (Lipinski definition) is 1. The smallest absolute Gasteiger partial charge is 0.270 e. The number of ether oxygens (including phenoxy) is 2. The van der Waals surface area contributed by atoms with Gasteiger partial charge in [-0.25, -0.2) is 4.68 Å². The third-order valence-corrected chi connectivity index (χ3v) is 5.57. The zero-order valence-electron chi connectivity index (χ0n) is 18.4. The molecule has 0 aliphatic heterocycles. The van der Waals surface area contributed by atoms with Crippen LogP contribution in [0.25, 0.3) is 16.9 Å². The standard InChI is InChI=1S/C26H24ClN3O3/c1-32-24-13-12-18(16-25(24)33-2)14-15-28-26(31)23-17-22(20-10-6-7-11-21(20)27)29-30(23)19-8-4-3-5-9-19/h3-13,16-17H,14-15H2,1-2H3,(H,28,31). The molecule has 7 heteroatoms. The van der Waals surface area contributed by atoms with Crippen molar-refractivity contribution >= 4 is 17.5 Å². The van der Waals surface area contributed by atoms with Gasteiger partial charge >= 0.3 is 0 Å². The van der Waals surface area contributed by atoms with Gasteiger partial charge < -0.3 is 14.8 Å². The van der Waals surface area contributed by atoms with Crippen molar-refractivity contribution in [2.75, 3.05) is 20.8 Å². The SMILES string of the molecule is COc1ccc(CCNC(=O)c2cc(-c3ccccc3Cl)nn2-c2ccccc2)cc1OC. The lowest BCUT2D eigenvalue weighted by Gasteiger charge is -2.11. The number of nitrogens with zero attached hydrogens (tertiary/aromatic N) is 2. The highest BCUT2D eigenvalue weighted by atomic mass is 35.5. The van der Waals surface area contributed by atoms with Crippen molar-refractivity contribution in [2.24, 2.45) is 0 Å². The van der Waals surface area contributed by atoms with Gasteiger partial charge in [0.2, 0.25) is 0 Å². The summed E-state index contributed by atoms with van der Waals surface area (Å²) in [6.07, 6.45) is 0.642. The van der Waals surface area contributed by atoms with Crippen LogP contribution in [0.2, 0.25) is 5.02 Å². The number of carbonyl (C=O) groups excluding carboxylic acids is 1. The van der Waals surface area contributed by atoms with Crippen molar-refractivity contribution < 1.29 is 14.3 Å². The van der Waals surface area contributed by atoms with Crippen molar-refractivity contribution in [3.8, 4) is 28.4 Å². The highest BCUT2D eigenvalue weighted by molar-refractivity contribution is 6.33. The van der Waals surface area contributed by atoms with Gasteiger partial charge in [-0.05, 0) is 48.4 Å². The lowest BCUT2D eigenvalue weighted by molar-refractivity contribution is 0.0946. The zero-order valence-corrected chi connectivity index (χ0v) is 19.2. The molecule has 0 aliphatic carbocycles. The van der Waals surface area contributed by atoms with Crippen LogP contribution in [0, 0.1) is 0 Å². The van der Waals surface area contributed by atoms with Crippen LogP contribution in [0.1, 0.15) is 16.1 Å². The molecule has 0 saturated heterocycles. The van der Waals surface area contributed by atoms with Crippen LogP contribution in [0.4, 0.5) is 0 Å². The normalized spacial score (nSPS) is 10.6. The van der Waals surface area contributed by atoms with Gasteiger partial charge in [-0.1, -0.05) is 54.1 Å². The summed E-state index contributed by atoms with van der Waals surface area (Å²) in [5.41, 5.74) is 3.66. The molecule has 0 fully saturated rings. The number of rotatable bonds is 8. The molecule has 0 unspecified atom stereocenters. The lowest BCUT2D eigenvalue weighted by atomic mass is 10.1. The molecule has 1 N–H and O–H groups in total. The fourth-order valence-electron chi connectivity index (χ4n) is 3.56. The molecular weight excluding hydrogens is 438 g/mol. The number of benzene rings is 3. The molecule has 0 radical (unpaired) electrons. The number of aromatic nitrogens is 2. The van der Waals surface area contributed by atoms with E-state index < -0.39 is 0 Å². The Bertz CT molecular complexity index is 1250. The van der Waals surface area contributed by atoms with Crippen molar-refractivity contribution in [1.82, 2.24) is 15.1 Å². The van der Waals surface area contributed by atoms with Crippen LogP contribution < -0.4 is 14.8 Å². The summed E-state index contributed by atoms with van der Waals surface area (Å²) in [6, 6.07) is 24.5. The molecule has 0 aliphatic rings. The van der Waals surface area contributed by atoms with Gasteiger partial charge in [0.25, 0.3) is 5.91 Å². The third kappa shape index (κ3) is 5.02. The van der Waals surface area contributed by atoms with Crippen molar-refractivity contribution in [2.45, 2.75) is 6.42 Å². The van der Waals surface area contributed by atoms with Crippen LogP contribution in [0.3, 0.4) is 0 Å². The molecule has 4 aromatic rings. The fraction of sp³-hybridized carbons (Fsp3) is 0.154. The van der Waals surface area contributed by atoms with Crippen LogP contribution in [0.5, 0.6) is 11.5 Å². The number of carbonyl (C=O) groups is 1. The molecule has 168 valence electrons. The van der Waals surface area contributed by atoms with E-state index in [1.54, 1.807) is 31.0 Å². The molecule has 1 amide bonds. The molecule has 0 bridgehead atoms. The molecule has 0 atom stereocenters. The lowest BCUT2D eigenvalue weighted by Crippen LogP contribution is -2.27. The van der Waals surface area contributed by atoms with E-state index in [-0.39, 0.29) is 5.91 Å². The summed E-state index contributed by atoms with van der Waals surface area (Å²) >= 11 is 6.37. The van der Waals surface area contributed by atoms with Gasteiger partial charge in [-0.3, -0.25) is 4.79 Å². The van der Waals surface area contributed by atoms with Crippen LogP contribution in [-0.2, 0) is 6.42 Å². The van der Waals surface area contributed by atoms with Gasteiger partial charge in [0.1, 0.15) is 5.69 Å². The Morgan fingerprint density at radius 2 is 1.67 bits per heavy atom. The number of hydrogen-bond acceptors (Lipinski definition) is 4. The topological polar surface area (TPSA) is 65.4 Å². The summed E-state index contributed by atoms with van der Waals surface area (Å²) in [5.74, 6) is 1.11. The third-order valence-electron chi connectivity index (χ3n) is 5.24. The van der Waals surface area contributed by atoms with Gasteiger partial charge in [0, 0.05) is 12.1 Å². The van der Waals surface area contributed by atoms with Gasteiger partial charge in [0.15, 0.2) is 11.5 Å². The van der Waals surface area contributed by atoms with Crippen LogP contribution in [-0.4, -0.2) is 36.5 Å². The number of methoxy groups -OCH3 is 2. The maximum atomic E-state index is 13.1. The Kier molecular flexibility index (Phi) is 6.95. The van der Waals surface area contributed by atoms with E-state index in [4.69, 9.17) is 21.1 Å². The highest BCUT2D eigenvalue weighted by Gasteiger charge is 2.18. The molecule has 0 spiro atoms. The zero-order chi connectivity index (χ0) is 23.2. The quantitative estimate of drug-likeness (QED) is 0.392. The molecule has 3 aromatic carbocycles. The number of halogens is 1. The minimum absolute atomic E-state index is 0.217. The Labute approximate surface area is 197 Å². The molecular formula is C26H24ClN3O3. The van der Waals surface area contributed by atoms with E-state index in [2.05, 4.69) is 10.4 Å². The van der Waals surface area contributed by atoms with E-state index in [1.165, 1.54) is 0 Å². The number of amides is 1. The Hall–Kier alpha value is -3.77. The molecule has 6 nitrogen and oxygen atoms in total. The predicted octanol–water partition coefficient (Wildman–Crippen LogP) is 5.18. The minimum atomic E-state index is -0.217. The summed E-state index contributed by atoms with van der Waals surface area (Å²) in [4.78, 5) is 13.1. The molecule has 33 heavy (non-hydrogen) atoms. The van der Waals surface area contributed by atoms with Crippen molar-refractivity contribution in [3.63, 3.8) is 0 Å². The Morgan fingerprint density at radius 3 is 2.39 bits per heavy atom. The first kappa shape index (κ1) is 22.4. The van der Waals surface area contributed by atoms with E-state index in [1.807, 2.05) is 66.7 Å². The van der Waals surface area contributed by atoms with Crippen LogP contribution in [0.15, 0.2) is 78.9 Å². The first-order valence-corrected chi connectivity index (χ1v) is 10.9. The van der Waals surface area contributed by atoms with E-state index >= 15 is 0 Å². The first-order valence-electron chi connectivity index (χ1n) is 10.5. The van der Waals surface area contributed by atoms with E-state index in [0.29, 0.717) is 40.9 Å². The van der Waals surface area contributed by atoms with E-state index in [0.717, 1.165) is 16.8 Å². The monoisotopic (exact) mass is 461 g/mol. The maximum Gasteiger partial charge on any atom is 0.270 e. The maximum absolute atomic E-state index is 13.1. The average Bonchev–Trinajstić information content (AvgIpc) is 3.30.